The number of rotatable bonds is 6. The van der Waals surface area contributed by atoms with Gasteiger partial charge in [-0.1, -0.05) is 17.3 Å². The average molecular weight is 361 g/mol. The largest absolute Gasteiger partial charge is 0.488 e. The second-order valence-electron chi connectivity index (χ2n) is 5.49. The first-order chi connectivity index (χ1) is 12.3. The number of benzene rings is 1. The van der Waals surface area contributed by atoms with E-state index < -0.39 is 24.0 Å². The van der Waals surface area contributed by atoms with Crippen molar-refractivity contribution in [2.24, 2.45) is 5.73 Å². The first-order valence-electron chi connectivity index (χ1n) is 7.74. The summed E-state index contributed by atoms with van der Waals surface area (Å²) in [6.45, 7) is 5.03. The molecule has 0 aliphatic rings. The van der Waals surface area contributed by atoms with Crippen molar-refractivity contribution in [3.63, 3.8) is 0 Å². The van der Waals surface area contributed by atoms with Gasteiger partial charge >= 0.3 is 12.0 Å². The van der Waals surface area contributed by atoms with Crippen LogP contribution in [-0.4, -0.2) is 29.2 Å². The molecule has 1 heterocycles. The molecule has 1 aromatic heterocycles. The maximum Gasteiger partial charge on any atom is 0.342 e. The standard InChI is InChI=1S/C17H19N3O6/c1-9-13(10(2)26-20-9)8-24-14-7-5-4-6-12(14)16(22)25-11(3)15(21)19-17(18)23/h4-7,11H,8H2,1-3H3,(H3,18,19,21,23). The summed E-state index contributed by atoms with van der Waals surface area (Å²) in [6, 6.07) is 5.41. The van der Waals surface area contributed by atoms with Gasteiger partial charge in [-0.3, -0.25) is 10.1 Å². The Bertz CT molecular complexity index is 810. The fourth-order valence-electron chi connectivity index (χ4n) is 2.12. The predicted octanol–water partition coefficient (Wildman–Crippen LogP) is 1.61. The van der Waals surface area contributed by atoms with E-state index in [0.717, 1.165) is 5.56 Å². The zero-order valence-corrected chi connectivity index (χ0v) is 14.6. The van der Waals surface area contributed by atoms with E-state index in [9.17, 15) is 14.4 Å². The van der Waals surface area contributed by atoms with Crippen LogP contribution in [0, 0.1) is 13.8 Å². The Morgan fingerprint density at radius 1 is 1.27 bits per heavy atom. The monoisotopic (exact) mass is 361 g/mol. The number of hydrogen-bond acceptors (Lipinski definition) is 7. The number of aromatic nitrogens is 1. The number of primary amides is 1. The molecular weight excluding hydrogens is 342 g/mol. The summed E-state index contributed by atoms with van der Waals surface area (Å²) in [5, 5.41) is 5.68. The number of para-hydroxylation sites is 1. The molecule has 0 fully saturated rings. The van der Waals surface area contributed by atoms with Crippen molar-refractivity contribution in [2.45, 2.75) is 33.5 Å². The van der Waals surface area contributed by atoms with Crippen molar-refractivity contribution >= 4 is 17.9 Å². The van der Waals surface area contributed by atoms with Crippen molar-refractivity contribution in [3.8, 4) is 5.75 Å². The van der Waals surface area contributed by atoms with Gasteiger partial charge in [0.05, 0.1) is 11.3 Å². The first-order valence-corrected chi connectivity index (χ1v) is 7.74. The normalized spacial score (nSPS) is 11.5. The van der Waals surface area contributed by atoms with Gasteiger partial charge in [0.25, 0.3) is 5.91 Å². The summed E-state index contributed by atoms with van der Waals surface area (Å²) < 4.78 is 15.8. The highest BCUT2D eigenvalue weighted by Crippen LogP contribution is 2.22. The van der Waals surface area contributed by atoms with Gasteiger partial charge in [0.1, 0.15) is 23.7 Å². The summed E-state index contributed by atoms with van der Waals surface area (Å²) in [6.07, 6.45) is -1.20. The number of ether oxygens (including phenoxy) is 2. The van der Waals surface area contributed by atoms with Gasteiger partial charge in [0, 0.05) is 0 Å². The molecule has 0 spiro atoms. The van der Waals surface area contributed by atoms with Crippen LogP contribution in [-0.2, 0) is 16.1 Å². The SMILES string of the molecule is Cc1noc(C)c1COc1ccccc1C(=O)OC(C)C(=O)NC(N)=O. The Hall–Kier alpha value is -3.36. The molecule has 1 unspecified atom stereocenters. The number of nitrogens with zero attached hydrogens (tertiary/aromatic N) is 1. The van der Waals surface area contributed by atoms with Gasteiger partial charge in [0.15, 0.2) is 6.10 Å². The van der Waals surface area contributed by atoms with Crippen LogP contribution in [0.1, 0.15) is 34.3 Å². The molecule has 0 saturated heterocycles. The molecule has 138 valence electrons. The first kappa shape index (κ1) is 19.0. The quantitative estimate of drug-likeness (QED) is 0.746. The molecule has 2 aromatic rings. The number of nitrogens with one attached hydrogen (secondary N) is 1. The molecule has 0 saturated carbocycles. The Morgan fingerprint density at radius 2 is 1.96 bits per heavy atom. The Morgan fingerprint density at radius 3 is 2.58 bits per heavy atom. The van der Waals surface area contributed by atoms with Crippen molar-refractivity contribution in [3.05, 3.63) is 46.8 Å². The third-order valence-electron chi connectivity index (χ3n) is 3.56. The lowest BCUT2D eigenvalue weighted by atomic mass is 10.2. The zero-order valence-electron chi connectivity index (χ0n) is 14.6. The number of amides is 3. The minimum Gasteiger partial charge on any atom is -0.488 e. The number of carbonyl (C=O) groups excluding carboxylic acids is 3. The molecule has 0 radical (unpaired) electrons. The molecule has 3 amide bonds. The van der Waals surface area contributed by atoms with Gasteiger partial charge in [0.2, 0.25) is 0 Å². The van der Waals surface area contributed by atoms with Gasteiger partial charge in [-0.15, -0.1) is 0 Å². The van der Waals surface area contributed by atoms with Crippen molar-refractivity contribution in [1.29, 1.82) is 0 Å². The van der Waals surface area contributed by atoms with E-state index in [1.54, 1.807) is 32.0 Å². The second-order valence-corrected chi connectivity index (χ2v) is 5.49. The molecule has 3 N–H and O–H groups in total. The summed E-state index contributed by atoms with van der Waals surface area (Å²) in [7, 11) is 0. The van der Waals surface area contributed by atoms with Crippen LogP contribution < -0.4 is 15.8 Å². The van der Waals surface area contributed by atoms with Gasteiger partial charge in [-0.25, -0.2) is 9.59 Å². The number of esters is 1. The van der Waals surface area contributed by atoms with Gasteiger partial charge < -0.3 is 19.7 Å². The fraction of sp³-hybridized carbons (Fsp3) is 0.294. The van der Waals surface area contributed by atoms with Crippen LogP contribution in [0.15, 0.2) is 28.8 Å². The van der Waals surface area contributed by atoms with E-state index >= 15 is 0 Å². The van der Waals surface area contributed by atoms with Crippen LogP contribution in [0.5, 0.6) is 5.75 Å². The Balaban J connectivity index is 2.09. The highest BCUT2D eigenvalue weighted by Gasteiger charge is 2.22. The molecular formula is C17H19N3O6. The Labute approximate surface area is 149 Å². The fourth-order valence-corrected chi connectivity index (χ4v) is 2.12. The maximum atomic E-state index is 12.3. The number of urea groups is 1. The lowest BCUT2D eigenvalue weighted by Crippen LogP contribution is -2.42. The second kappa shape index (κ2) is 8.15. The lowest BCUT2D eigenvalue weighted by molar-refractivity contribution is -0.127. The average Bonchev–Trinajstić information content (AvgIpc) is 2.90. The summed E-state index contributed by atoms with van der Waals surface area (Å²) in [5.74, 6) is -0.689. The van der Waals surface area contributed by atoms with E-state index in [4.69, 9.17) is 19.7 Å². The smallest absolute Gasteiger partial charge is 0.342 e. The summed E-state index contributed by atoms with van der Waals surface area (Å²) in [5.41, 5.74) is 6.47. The zero-order chi connectivity index (χ0) is 19.3. The van der Waals surface area contributed by atoms with E-state index in [1.165, 1.54) is 13.0 Å². The molecule has 0 aliphatic carbocycles. The van der Waals surface area contributed by atoms with E-state index in [1.807, 2.05) is 5.32 Å². The van der Waals surface area contributed by atoms with Crippen LogP contribution >= 0.6 is 0 Å². The number of aryl methyl sites for hydroxylation is 2. The molecule has 1 aromatic carbocycles. The number of imide groups is 1. The van der Waals surface area contributed by atoms with E-state index in [2.05, 4.69) is 5.16 Å². The number of hydrogen-bond donors (Lipinski definition) is 2. The third kappa shape index (κ3) is 4.59. The molecule has 2 rings (SSSR count). The van der Waals surface area contributed by atoms with E-state index in [0.29, 0.717) is 11.5 Å². The highest BCUT2D eigenvalue weighted by molar-refractivity contribution is 5.98. The van der Waals surface area contributed by atoms with Crippen molar-refractivity contribution in [2.75, 3.05) is 0 Å². The van der Waals surface area contributed by atoms with Crippen LogP contribution in [0.2, 0.25) is 0 Å². The predicted molar refractivity (Wildman–Crippen MR) is 89.4 cm³/mol. The molecule has 26 heavy (non-hydrogen) atoms. The Kier molecular flexibility index (Phi) is 5.94. The molecule has 0 aliphatic heterocycles. The van der Waals surface area contributed by atoms with Gasteiger partial charge in [-0.2, -0.15) is 0 Å². The molecule has 9 nitrogen and oxygen atoms in total. The summed E-state index contributed by atoms with van der Waals surface area (Å²) >= 11 is 0. The third-order valence-corrected chi connectivity index (χ3v) is 3.56. The van der Waals surface area contributed by atoms with Crippen LogP contribution in [0.3, 0.4) is 0 Å². The van der Waals surface area contributed by atoms with Crippen LogP contribution in [0.4, 0.5) is 4.79 Å². The number of carbonyl (C=O) groups is 3. The van der Waals surface area contributed by atoms with Gasteiger partial charge in [-0.05, 0) is 32.9 Å². The maximum absolute atomic E-state index is 12.3. The molecule has 0 bridgehead atoms. The minimum atomic E-state index is -1.20. The minimum absolute atomic E-state index is 0.137. The van der Waals surface area contributed by atoms with Crippen molar-refractivity contribution in [1.82, 2.24) is 10.5 Å². The van der Waals surface area contributed by atoms with Crippen molar-refractivity contribution < 1.29 is 28.4 Å². The highest BCUT2D eigenvalue weighted by atomic mass is 16.5. The molecule has 1 atom stereocenters. The number of nitrogens with two attached hydrogens (primary N) is 1. The van der Waals surface area contributed by atoms with Crippen LogP contribution in [0.25, 0.3) is 0 Å². The summed E-state index contributed by atoms with van der Waals surface area (Å²) in [4.78, 5) is 34.6. The molecule has 9 heteroatoms. The lowest BCUT2D eigenvalue weighted by Gasteiger charge is -2.14. The van der Waals surface area contributed by atoms with E-state index in [-0.39, 0.29) is 17.9 Å². The topological polar surface area (TPSA) is 134 Å².